The Hall–Kier alpha value is -2.37. The van der Waals surface area contributed by atoms with E-state index in [2.05, 4.69) is 15.5 Å². The molecule has 0 radical (unpaired) electrons. The number of aromatic amines is 1. The molecular weight excluding hydrogens is 268 g/mol. The van der Waals surface area contributed by atoms with Crippen LogP contribution in [0.1, 0.15) is 31.1 Å². The van der Waals surface area contributed by atoms with E-state index in [1.807, 2.05) is 26.8 Å². The van der Waals surface area contributed by atoms with Crippen molar-refractivity contribution in [2.24, 2.45) is 0 Å². The third kappa shape index (κ3) is 3.81. The van der Waals surface area contributed by atoms with Gasteiger partial charge in [-0.1, -0.05) is 6.07 Å². The van der Waals surface area contributed by atoms with Crippen LogP contribution in [0.2, 0.25) is 0 Å². The lowest BCUT2D eigenvalue weighted by molar-refractivity contribution is -0.122. The Morgan fingerprint density at radius 1 is 1.33 bits per heavy atom. The summed E-state index contributed by atoms with van der Waals surface area (Å²) in [6, 6.07) is 5.30. The number of likely N-dealkylation sites (N-methyl/N-ethyl adjacent to an activating group) is 1. The number of aromatic nitrogens is 2. The van der Waals surface area contributed by atoms with Gasteiger partial charge >= 0.3 is 0 Å². The SMILES string of the molecule is CN(CC(=O)NC(C)(C)C)C(=O)c1ccc2cn[nH]c2c1. The molecule has 6 nitrogen and oxygen atoms in total. The third-order valence-electron chi connectivity index (χ3n) is 2.93. The van der Waals surface area contributed by atoms with Crippen LogP contribution in [-0.2, 0) is 4.79 Å². The summed E-state index contributed by atoms with van der Waals surface area (Å²) in [6.45, 7) is 5.73. The van der Waals surface area contributed by atoms with Gasteiger partial charge in [-0.2, -0.15) is 5.10 Å². The maximum Gasteiger partial charge on any atom is 0.254 e. The molecule has 0 saturated heterocycles. The number of fused-ring (bicyclic) bond motifs is 1. The van der Waals surface area contributed by atoms with Gasteiger partial charge in [-0.3, -0.25) is 14.7 Å². The van der Waals surface area contributed by atoms with Gasteiger partial charge in [-0.15, -0.1) is 0 Å². The molecule has 1 aromatic heterocycles. The number of rotatable bonds is 3. The molecule has 2 aromatic rings. The van der Waals surface area contributed by atoms with E-state index in [0.29, 0.717) is 5.56 Å². The first-order chi connectivity index (χ1) is 9.76. The van der Waals surface area contributed by atoms with Crippen LogP contribution in [-0.4, -0.2) is 46.0 Å². The smallest absolute Gasteiger partial charge is 0.254 e. The molecule has 0 bridgehead atoms. The van der Waals surface area contributed by atoms with Crippen molar-refractivity contribution in [1.29, 1.82) is 0 Å². The van der Waals surface area contributed by atoms with E-state index < -0.39 is 0 Å². The largest absolute Gasteiger partial charge is 0.350 e. The normalized spacial score (nSPS) is 11.4. The molecule has 0 saturated carbocycles. The number of nitrogens with zero attached hydrogens (tertiary/aromatic N) is 2. The first-order valence-electron chi connectivity index (χ1n) is 6.76. The summed E-state index contributed by atoms with van der Waals surface area (Å²) in [7, 11) is 1.61. The van der Waals surface area contributed by atoms with Crippen LogP contribution in [0.4, 0.5) is 0 Å². The molecule has 1 aromatic carbocycles. The van der Waals surface area contributed by atoms with Gasteiger partial charge in [-0.05, 0) is 32.9 Å². The first-order valence-corrected chi connectivity index (χ1v) is 6.76. The number of amides is 2. The van der Waals surface area contributed by atoms with Gasteiger partial charge in [0.25, 0.3) is 5.91 Å². The van der Waals surface area contributed by atoms with Gasteiger partial charge in [0, 0.05) is 23.5 Å². The minimum Gasteiger partial charge on any atom is -0.350 e. The number of nitrogens with one attached hydrogen (secondary N) is 2. The highest BCUT2D eigenvalue weighted by atomic mass is 16.2. The molecule has 0 aliphatic heterocycles. The minimum absolute atomic E-state index is 0.0249. The fourth-order valence-electron chi connectivity index (χ4n) is 2.04. The van der Waals surface area contributed by atoms with E-state index in [9.17, 15) is 9.59 Å². The van der Waals surface area contributed by atoms with E-state index in [1.54, 1.807) is 25.4 Å². The Kier molecular flexibility index (Phi) is 3.97. The first kappa shape index (κ1) is 15.0. The molecule has 21 heavy (non-hydrogen) atoms. The Morgan fingerprint density at radius 2 is 2.05 bits per heavy atom. The van der Waals surface area contributed by atoms with Crippen LogP contribution < -0.4 is 5.32 Å². The molecule has 0 unspecified atom stereocenters. The van der Waals surface area contributed by atoms with E-state index >= 15 is 0 Å². The number of H-pyrrole nitrogens is 1. The molecule has 0 aliphatic rings. The van der Waals surface area contributed by atoms with Gasteiger partial charge in [-0.25, -0.2) is 0 Å². The van der Waals surface area contributed by atoms with Crippen molar-refractivity contribution in [3.05, 3.63) is 30.0 Å². The van der Waals surface area contributed by atoms with Crippen molar-refractivity contribution in [2.45, 2.75) is 26.3 Å². The van der Waals surface area contributed by atoms with Gasteiger partial charge in [0.05, 0.1) is 18.3 Å². The van der Waals surface area contributed by atoms with Crippen LogP contribution in [0.3, 0.4) is 0 Å². The van der Waals surface area contributed by atoms with Crippen LogP contribution in [0.5, 0.6) is 0 Å². The van der Waals surface area contributed by atoms with Crippen LogP contribution in [0.15, 0.2) is 24.4 Å². The van der Waals surface area contributed by atoms with Gasteiger partial charge in [0.2, 0.25) is 5.91 Å². The van der Waals surface area contributed by atoms with Crippen molar-refractivity contribution in [3.63, 3.8) is 0 Å². The van der Waals surface area contributed by atoms with Crippen molar-refractivity contribution in [2.75, 3.05) is 13.6 Å². The summed E-state index contributed by atoms with van der Waals surface area (Å²) in [4.78, 5) is 25.6. The van der Waals surface area contributed by atoms with Gasteiger partial charge in [0.15, 0.2) is 0 Å². The average molecular weight is 288 g/mol. The molecule has 112 valence electrons. The molecule has 2 N–H and O–H groups in total. The summed E-state index contributed by atoms with van der Waals surface area (Å²) in [6.07, 6.45) is 1.70. The lowest BCUT2D eigenvalue weighted by atomic mass is 10.1. The standard InChI is InChI=1S/C15H20N4O2/c1-15(2,3)17-13(20)9-19(4)14(21)10-5-6-11-8-16-18-12(11)7-10/h5-8H,9H2,1-4H3,(H,16,18)(H,17,20). The molecule has 2 amide bonds. The monoisotopic (exact) mass is 288 g/mol. The van der Waals surface area contributed by atoms with Crippen molar-refractivity contribution in [3.8, 4) is 0 Å². The summed E-state index contributed by atoms with van der Waals surface area (Å²) in [5, 5.41) is 10.5. The molecular formula is C15H20N4O2. The highest BCUT2D eigenvalue weighted by molar-refractivity contribution is 5.99. The van der Waals surface area contributed by atoms with Crippen LogP contribution >= 0.6 is 0 Å². The molecule has 0 fully saturated rings. The summed E-state index contributed by atoms with van der Waals surface area (Å²) < 4.78 is 0. The molecule has 0 atom stereocenters. The second-order valence-electron chi connectivity index (χ2n) is 6.13. The van der Waals surface area contributed by atoms with Gasteiger partial charge < -0.3 is 10.2 Å². The summed E-state index contributed by atoms with van der Waals surface area (Å²) in [5.74, 6) is -0.378. The molecule has 0 spiro atoms. The highest BCUT2D eigenvalue weighted by Crippen LogP contribution is 2.14. The summed E-state index contributed by atoms with van der Waals surface area (Å²) >= 11 is 0. The zero-order valence-electron chi connectivity index (χ0n) is 12.7. The average Bonchev–Trinajstić information content (AvgIpc) is 2.82. The summed E-state index contributed by atoms with van der Waals surface area (Å²) in [5.41, 5.74) is 1.02. The zero-order valence-corrected chi connectivity index (χ0v) is 12.7. The van der Waals surface area contributed by atoms with Crippen molar-refractivity contribution in [1.82, 2.24) is 20.4 Å². The van der Waals surface area contributed by atoms with E-state index in [4.69, 9.17) is 0 Å². The molecule has 1 heterocycles. The fourth-order valence-corrected chi connectivity index (χ4v) is 2.04. The van der Waals surface area contributed by atoms with E-state index in [-0.39, 0.29) is 23.9 Å². The lowest BCUT2D eigenvalue weighted by Gasteiger charge is -2.23. The molecule has 2 rings (SSSR count). The maximum atomic E-state index is 12.3. The Morgan fingerprint density at radius 3 is 2.71 bits per heavy atom. The fraction of sp³-hybridized carbons (Fsp3) is 0.400. The lowest BCUT2D eigenvalue weighted by Crippen LogP contribution is -2.46. The number of benzene rings is 1. The second-order valence-corrected chi connectivity index (χ2v) is 6.13. The number of hydrogen-bond acceptors (Lipinski definition) is 3. The Labute approximate surface area is 123 Å². The Balaban J connectivity index is 2.06. The Bertz CT molecular complexity index is 670. The third-order valence-corrected chi connectivity index (χ3v) is 2.93. The van der Waals surface area contributed by atoms with Crippen LogP contribution in [0.25, 0.3) is 10.9 Å². The van der Waals surface area contributed by atoms with Crippen molar-refractivity contribution < 1.29 is 9.59 Å². The topological polar surface area (TPSA) is 78.1 Å². The van der Waals surface area contributed by atoms with Crippen LogP contribution in [0, 0.1) is 0 Å². The predicted octanol–water partition coefficient (Wildman–Crippen LogP) is 1.55. The molecule has 6 heteroatoms. The predicted molar refractivity (Wildman–Crippen MR) is 80.9 cm³/mol. The van der Waals surface area contributed by atoms with Gasteiger partial charge in [0.1, 0.15) is 0 Å². The maximum absolute atomic E-state index is 12.3. The number of carbonyl (C=O) groups excluding carboxylic acids is 2. The van der Waals surface area contributed by atoms with Crippen molar-refractivity contribution >= 4 is 22.7 Å². The quantitative estimate of drug-likeness (QED) is 0.899. The van der Waals surface area contributed by atoms with E-state index in [1.165, 1.54) is 4.90 Å². The number of hydrogen-bond donors (Lipinski definition) is 2. The highest BCUT2D eigenvalue weighted by Gasteiger charge is 2.19. The second kappa shape index (κ2) is 5.55. The zero-order chi connectivity index (χ0) is 15.6. The molecule has 0 aliphatic carbocycles. The van der Waals surface area contributed by atoms with E-state index in [0.717, 1.165) is 10.9 Å². The minimum atomic E-state index is -0.310. The number of carbonyl (C=O) groups is 2.